The molecule has 0 bridgehead atoms. The van der Waals surface area contributed by atoms with Crippen molar-refractivity contribution >= 4 is 17.7 Å². The Hall–Kier alpha value is -2.80. The fourth-order valence-electron chi connectivity index (χ4n) is 4.56. The maximum absolute atomic E-state index is 12.7. The number of aromatic nitrogens is 3. The van der Waals surface area contributed by atoms with Crippen molar-refractivity contribution in [2.24, 2.45) is 5.92 Å². The number of carbonyl (C=O) groups is 1. The molecule has 1 aliphatic carbocycles. The van der Waals surface area contributed by atoms with Crippen LogP contribution in [-0.4, -0.2) is 32.5 Å². The summed E-state index contributed by atoms with van der Waals surface area (Å²) in [7, 11) is 0. The first-order valence-corrected chi connectivity index (χ1v) is 13.6. The number of amides is 1. The number of thioether (sulfide) groups is 1. The number of para-hydroxylation sites is 1. The van der Waals surface area contributed by atoms with Gasteiger partial charge in [-0.1, -0.05) is 75.7 Å². The Morgan fingerprint density at radius 2 is 1.77 bits per heavy atom. The van der Waals surface area contributed by atoms with E-state index in [1.165, 1.54) is 36.6 Å². The third kappa shape index (κ3) is 6.45. The average Bonchev–Trinajstić information content (AvgIpc) is 3.29. The summed E-state index contributed by atoms with van der Waals surface area (Å²) in [5, 5.41) is 12.8. The Balaban J connectivity index is 1.49. The first kappa shape index (κ1) is 25.3. The molecule has 3 atom stereocenters. The van der Waals surface area contributed by atoms with Crippen LogP contribution in [0.5, 0.6) is 5.75 Å². The predicted molar refractivity (Wildman–Crippen MR) is 141 cm³/mol. The fraction of sp³-hybridized carbons (Fsp3) is 0.464. The van der Waals surface area contributed by atoms with Gasteiger partial charge in [-0.2, -0.15) is 0 Å². The van der Waals surface area contributed by atoms with Crippen molar-refractivity contribution in [3.8, 4) is 11.4 Å². The molecule has 4 rings (SSSR count). The number of hydrogen-bond donors (Lipinski definition) is 1. The number of nitrogens with zero attached hydrogens (tertiary/aromatic N) is 3. The van der Waals surface area contributed by atoms with Crippen LogP contribution in [0, 0.1) is 5.92 Å². The van der Waals surface area contributed by atoms with E-state index in [-0.39, 0.29) is 18.1 Å². The lowest BCUT2D eigenvalue weighted by molar-refractivity contribution is -0.119. The maximum Gasteiger partial charge on any atom is 0.230 e. The van der Waals surface area contributed by atoms with Gasteiger partial charge in [-0.25, -0.2) is 0 Å². The smallest absolute Gasteiger partial charge is 0.230 e. The highest BCUT2D eigenvalue weighted by Gasteiger charge is 2.24. The topological polar surface area (TPSA) is 69.0 Å². The normalized spacial score (nSPS) is 18.9. The molecule has 186 valence electrons. The van der Waals surface area contributed by atoms with Crippen molar-refractivity contribution in [3.05, 3.63) is 66.0 Å². The van der Waals surface area contributed by atoms with Crippen LogP contribution in [0.1, 0.15) is 76.8 Å². The number of hydrogen-bond acceptors (Lipinski definition) is 5. The van der Waals surface area contributed by atoms with Gasteiger partial charge in [-0.15, -0.1) is 10.2 Å². The molecule has 0 aliphatic heterocycles. The van der Waals surface area contributed by atoms with Crippen molar-refractivity contribution in [1.29, 1.82) is 0 Å². The van der Waals surface area contributed by atoms with Crippen LogP contribution in [0.3, 0.4) is 0 Å². The minimum atomic E-state index is -0.320. The minimum Gasteiger partial charge on any atom is -0.483 e. The number of nitrogens with one attached hydrogen (secondary N) is 1. The second-order valence-electron chi connectivity index (χ2n) is 9.72. The van der Waals surface area contributed by atoms with Crippen LogP contribution in [0.4, 0.5) is 0 Å². The van der Waals surface area contributed by atoms with E-state index in [0.29, 0.717) is 28.6 Å². The molecular formula is C28H36N4O2S. The van der Waals surface area contributed by atoms with Crippen molar-refractivity contribution in [2.45, 2.75) is 76.6 Å². The van der Waals surface area contributed by atoms with Crippen molar-refractivity contribution in [1.82, 2.24) is 20.1 Å². The Kier molecular flexibility index (Phi) is 8.50. The van der Waals surface area contributed by atoms with Crippen LogP contribution in [-0.2, 0) is 4.79 Å². The zero-order valence-electron chi connectivity index (χ0n) is 21.1. The second kappa shape index (κ2) is 11.8. The lowest BCUT2D eigenvalue weighted by atomic mass is 9.86. The van der Waals surface area contributed by atoms with E-state index in [1.54, 1.807) is 0 Å². The molecule has 7 heteroatoms. The molecule has 2 aromatic carbocycles. The Labute approximate surface area is 212 Å². The molecular weight excluding hydrogens is 456 g/mol. The summed E-state index contributed by atoms with van der Waals surface area (Å²) in [6.07, 6.45) is 4.37. The molecule has 1 heterocycles. The average molecular weight is 493 g/mol. The van der Waals surface area contributed by atoms with E-state index < -0.39 is 0 Å². The van der Waals surface area contributed by atoms with Gasteiger partial charge in [0.2, 0.25) is 5.91 Å². The highest BCUT2D eigenvalue weighted by molar-refractivity contribution is 7.99. The van der Waals surface area contributed by atoms with Gasteiger partial charge in [0.1, 0.15) is 5.75 Å². The summed E-state index contributed by atoms with van der Waals surface area (Å²) in [5.41, 5.74) is 2.22. The van der Waals surface area contributed by atoms with Crippen molar-refractivity contribution < 1.29 is 9.53 Å². The predicted octanol–water partition coefficient (Wildman–Crippen LogP) is 6.32. The standard InChI is InChI=1S/C28H36N4O2S/c1-19(2)22-14-16-24(17-15-22)34-21(4)27-30-31-28(32(27)23-11-6-5-7-12-23)35-18-26(33)29-25-13-9-8-10-20(25)3/h5-7,11-12,14-17,19-21,25H,8-10,13,18H2,1-4H3,(H,29,33). The highest BCUT2D eigenvalue weighted by Crippen LogP contribution is 2.29. The molecule has 1 aromatic heterocycles. The number of carbonyl (C=O) groups excluding carboxylic acids is 1. The largest absolute Gasteiger partial charge is 0.483 e. The lowest BCUT2D eigenvalue weighted by Gasteiger charge is -2.29. The Morgan fingerprint density at radius 3 is 2.46 bits per heavy atom. The van der Waals surface area contributed by atoms with E-state index in [4.69, 9.17) is 4.74 Å². The Morgan fingerprint density at radius 1 is 1.06 bits per heavy atom. The zero-order chi connectivity index (χ0) is 24.8. The SMILES string of the molecule is CC(C)c1ccc(OC(C)c2nnc(SCC(=O)NC3CCCCC3C)n2-c2ccccc2)cc1. The maximum atomic E-state index is 12.7. The summed E-state index contributed by atoms with van der Waals surface area (Å²) in [5.74, 6) is 2.85. The van der Waals surface area contributed by atoms with E-state index in [1.807, 2.05) is 54.0 Å². The van der Waals surface area contributed by atoms with Gasteiger partial charge in [0.25, 0.3) is 0 Å². The van der Waals surface area contributed by atoms with Gasteiger partial charge in [0.05, 0.1) is 5.75 Å². The van der Waals surface area contributed by atoms with Crippen LogP contribution in [0.25, 0.3) is 5.69 Å². The number of rotatable bonds is 9. The number of benzene rings is 2. The van der Waals surface area contributed by atoms with E-state index in [9.17, 15) is 4.79 Å². The zero-order valence-corrected chi connectivity index (χ0v) is 21.9. The second-order valence-corrected chi connectivity index (χ2v) is 10.7. The van der Waals surface area contributed by atoms with E-state index >= 15 is 0 Å². The third-order valence-electron chi connectivity index (χ3n) is 6.69. The van der Waals surface area contributed by atoms with Gasteiger partial charge in [0.15, 0.2) is 17.1 Å². The number of ether oxygens (including phenoxy) is 1. The minimum absolute atomic E-state index is 0.0486. The summed E-state index contributed by atoms with van der Waals surface area (Å²) in [6, 6.07) is 18.5. The van der Waals surface area contributed by atoms with Gasteiger partial charge in [-0.3, -0.25) is 9.36 Å². The molecule has 1 N–H and O–H groups in total. The van der Waals surface area contributed by atoms with Crippen molar-refractivity contribution in [2.75, 3.05) is 5.75 Å². The molecule has 3 unspecified atom stereocenters. The molecule has 35 heavy (non-hydrogen) atoms. The monoisotopic (exact) mass is 492 g/mol. The third-order valence-corrected chi connectivity index (χ3v) is 7.62. The van der Waals surface area contributed by atoms with Crippen LogP contribution < -0.4 is 10.1 Å². The quantitative estimate of drug-likeness (QED) is 0.354. The molecule has 3 aromatic rings. The summed E-state index contributed by atoms with van der Waals surface area (Å²) in [6.45, 7) is 8.56. The molecule has 0 spiro atoms. The van der Waals surface area contributed by atoms with Gasteiger partial charge in [0, 0.05) is 11.7 Å². The fourth-order valence-corrected chi connectivity index (χ4v) is 5.33. The lowest BCUT2D eigenvalue weighted by Crippen LogP contribution is -2.41. The first-order chi connectivity index (χ1) is 16.9. The van der Waals surface area contributed by atoms with Crippen LogP contribution in [0.15, 0.2) is 59.8 Å². The molecule has 0 radical (unpaired) electrons. The van der Waals surface area contributed by atoms with Crippen LogP contribution >= 0.6 is 11.8 Å². The summed E-state index contributed by atoms with van der Waals surface area (Å²) < 4.78 is 8.23. The molecule has 1 aliphatic rings. The first-order valence-electron chi connectivity index (χ1n) is 12.6. The van der Waals surface area contributed by atoms with Gasteiger partial charge < -0.3 is 10.1 Å². The van der Waals surface area contributed by atoms with E-state index in [2.05, 4.69) is 48.4 Å². The van der Waals surface area contributed by atoms with E-state index in [0.717, 1.165) is 17.9 Å². The van der Waals surface area contributed by atoms with Crippen molar-refractivity contribution in [3.63, 3.8) is 0 Å². The van der Waals surface area contributed by atoms with Crippen LogP contribution in [0.2, 0.25) is 0 Å². The highest BCUT2D eigenvalue weighted by atomic mass is 32.2. The van der Waals surface area contributed by atoms with Gasteiger partial charge >= 0.3 is 0 Å². The Bertz CT molecular complexity index is 1100. The van der Waals surface area contributed by atoms with Gasteiger partial charge in [-0.05, 0) is 61.4 Å². The molecule has 1 fully saturated rings. The summed E-state index contributed by atoms with van der Waals surface area (Å²) in [4.78, 5) is 12.7. The molecule has 1 amide bonds. The summed E-state index contributed by atoms with van der Waals surface area (Å²) >= 11 is 1.41. The molecule has 6 nitrogen and oxygen atoms in total. The molecule has 0 saturated heterocycles. The molecule has 1 saturated carbocycles.